The Labute approximate surface area is 158 Å². The van der Waals surface area contributed by atoms with Crippen molar-refractivity contribution in [1.82, 2.24) is 5.32 Å². The van der Waals surface area contributed by atoms with Crippen LogP contribution in [0.1, 0.15) is 42.2 Å². The molecule has 2 aromatic rings. The smallest absolute Gasteiger partial charge is 0.253 e. The fourth-order valence-electron chi connectivity index (χ4n) is 2.32. The SMILES string of the molecule is CCCOc1ccc(C(C)NC(=O)c2ccc(Cl)cc2Cl)cc1OC. The lowest BCUT2D eigenvalue weighted by Gasteiger charge is -2.17. The van der Waals surface area contributed by atoms with Crippen LogP contribution in [0.4, 0.5) is 0 Å². The number of halogens is 2. The lowest BCUT2D eigenvalue weighted by molar-refractivity contribution is 0.0940. The van der Waals surface area contributed by atoms with Gasteiger partial charge < -0.3 is 14.8 Å². The van der Waals surface area contributed by atoms with Gasteiger partial charge in [0.15, 0.2) is 11.5 Å². The molecule has 0 saturated heterocycles. The van der Waals surface area contributed by atoms with E-state index in [9.17, 15) is 4.79 Å². The monoisotopic (exact) mass is 381 g/mol. The third kappa shape index (κ3) is 5.03. The molecule has 25 heavy (non-hydrogen) atoms. The van der Waals surface area contributed by atoms with Gasteiger partial charge >= 0.3 is 0 Å². The predicted octanol–water partition coefficient (Wildman–Crippen LogP) is 5.28. The maximum Gasteiger partial charge on any atom is 0.253 e. The van der Waals surface area contributed by atoms with Crippen LogP contribution in [-0.2, 0) is 0 Å². The summed E-state index contributed by atoms with van der Waals surface area (Å²) in [6.45, 7) is 4.56. The zero-order chi connectivity index (χ0) is 18.4. The van der Waals surface area contributed by atoms with Gasteiger partial charge in [-0.3, -0.25) is 4.79 Å². The Morgan fingerprint density at radius 2 is 1.92 bits per heavy atom. The van der Waals surface area contributed by atoms with Gasteiger partial charge in [-0.2, -0.15) is 0 Å². The van der Waals surface area contributed by atoms with E-state index in [2.05, 4.69) is 5.32 Å². The van der Waals surface area contributed by atoms with Crippen LogP contribution in [0.15, 0.2) is 36.4 Å². The normalized spacial score (nSPS) is 11.7. The summed E-state index contributed by atoms with van der Waals surface area (Å²) >= 11 is 12.0. The molecule has 6 heteroatoms. The molecule has 2 aromatic carbocycles. The summed E-state index contributed by atoms with van der Waals surface area (Å²) in [6.07, 6.45) is 0.916. The Balaban J connectivity index is 2.14. The second-order valence-electron chi connectivity index (χ2n) is 5.58. The summed E-state index contributed by atoms with van der Waals surface area (Å²) in [6, 6.07) is 10.2. The summed E-state index contributed by atoms with van der Waals surface area (Å²) in [5.74, 6) is 1.06. The average molecular weight is 382 g/mol. The van der Waals surface area contributed by atoms with Crippen LogP contribution < -0.4 is 14.8 Å². The number of benzene rings is 2. The third-order valence-electron chi connectivity index (χ3n) is 3.67. The predicted molar refractivity (Wildman–Crippen MR) is 101 cm³/mol. The average Bonchev–Trinajstić information content (AvgIpc) is 2.59. The second-order valence-corrected chi connectivity index (χ2v) is 6.42. The summed E-state index contributed by atoms with van der Waals surface area (Å²) in [5.41, 5.74) is 1.28. The molecule has 0 saturated carbocycles. The number of carbonyl (C=O) groups is 1. The number of hydrogen-bond donors (Lipinski definition) is 1. The van der Waals surface area contributed by atoms with E-state index in [4.69, 9.17) is 32.7 Å². The minimum absolute atomic E-state index is 0.228. The maximum atomic E-state index is 12.4. The number of carbonyl (C=O) groups excluding carboxylic acids is 1. The molecule has 0 heterocycles. The van der Waals surface area contributed by atoms with Gasteiger partial charge in [0.25, 0.3) is 5.91 Å². The molecule has 0 aromatic heterocycles. The number of ether oxygens (including phenoxy) is 2. The fourth-order valence-corrected chi connectivity index (χ4v) is 2.81. The molecule has 2 rings (SSSR count). The Morgan fingerprint density at radius 1 is 1.16 bits per heavy atom. The molecule has 1 N–H and O–H groups in total. The lowest BCUT2D eigenvalue weighted by atomic mass is 10.1. The minimum Gasteiger partial charge on any atom is -0.493 e. The summed E-state index contributed by atoms with van der Waals surface area (Å²) in [5, 5.41) is 3.73. The highest BCUT2D eigenvalue weighted by molar-refractivity contribution is 6.36. The summed E-state index contributed by atoms with van der Waals surface area (Å²) in [4.78, 5) is 12.4. The number of amides is 1. The maximum absolute atomic E-state index is 12.4. The molecule has 0 aliphatic rings. The van der Waals surface area contributed by atoms with E-state index in [1.807, 2.05) is 32.0 Å². The molecule has 4 nitrogen and oxygen atoms in total. The summed E-state index contributed by atoms with van der Waals surface area (Å²) in [7, 11) is 1.59. The van der Waals surface area contributed by atoms with Crippen molar-refractivity contribution in [2.75, 3.05) is 13.7 Å². The molecule has 0 aliphatic carbocycles. The first kappa shape index (κ1) is 19.4. The highest BCUT2D eigenvalue weighted by Crippen LogP contribution is 2.30. The van der Waals surface area contributed by atoms with Gasteiger partial charge in [-0.1, -0.05) is 36.2 Å². The van der Waals surface area contributed by atoms with Crippen molar-refractivity contribution in [2.24, 2.45) is 0 Å². The molecule has 1 unspecified atom stereocenters. The largest absolute Gasteiger partial charge is 0.493 e. The molecule has 0 spiro atoms. The molecule has 1 amide bonds. The Bertz CT molecular complexity index is 749. The van der Waals surface area contributed by atoms with Crippen LogP contribution in [0.2, 0.25) is 10.0 Å². The van der Waals surface area contributed by atoms with E-state index in [0.717, 1.165) is 12.0 Å². The van der Waals surface area contributed by atoms with Gasteiger partial charge in [0, 0.05) is 5.02 Å². The molecular weight excluding hydrogens is 361 g/mol. The van der Waals surface area contributed by atoms with Gasteiger partial charge in [0.05, 0.1) is 30.3 Å². The van der Waals surface area contributed by atoms with E-state index in [-0.39, 0.29) is 11.9 Å². The molecular formula is C19H21Cl2NO3. The van der Waals surface area contributed by atoms with Crippen molar-refractivity contribution < 1.29 is 14.3 Å². The van der Waals surface area contributed by atoms with Crippen LogP contribution in [0.3, 0.4) is 0 Å². The van der Waals surface area contributed by atoms with Crippen molar-refractivity contribution in [2.45, 2.75) is 26.3 Å². The number of hydrogen-bond acceptors (Lipinski definition) is 3. The van der Waals surface area contributed by atoms with E-state index in [0.29, 0.717) is 33.7 Å². The second kappa shape index (κ2) is 8.97. The van der Waals surface area contributed by atoms with Crippen LogP contribution in [0.25, 0.3) is 0 Å². The zero-order valence-corrected chi connectivity index (χ0v) is 15.9. The van der Waals surface area contributed by atoms with Gasteiger partial charge in [-0.25, -0.2) is 0 Å². The van der Waals surface area contributed by atoms with E-state index >= 15 is 0 Å². The first-order valence-electron chi connectivity index (χ1n) is 8.03. The molecule has 0 aliphatic heterocycles. The highest BCUT2D eigenvalue weighted by Gasteiger charge is 2.16. The first-order chi connectivity index (χ1) is 12.0. The van der Waals surface area contributed by atoms with Crippen LogP contribution >= 0.6 is 23.2 Å². The van der Waals surface area contributed by atoms with E-state index in [1.54, 1.807) is 25.3 Å². The number of rotatable bonds is 7. The standard InChI is InChI=1S/C19H21Cl2NO3/c1-4-9-25-17-8-5-13(10-18(17)24-3)12(2)22-19(23)15-7-6-14(20)11-16(15)21/h5-8,10-12H,4,9H2,1-3H3,(H,22,23). The third-order valence-corrected chi connectivity index (χ3v) is 4.22. The van der Waals surface area contributed by atoms with Crippen molar-refractivity contribution in [1.29, 1.82) is 0 Å². The van der Waals surface area contributed by atoms with Crippen LogP contribution in [-0.4, -0.2) is 19.6 Å². The topological polar surface area (TPSA) is 47.6 Å². The van der Waals surface area contributed by atoms with Gasteiger partial charge in [0.2, 0.25) is 0 Å². The molecule has 0 radical (unpaired) electrons. The summed E-state index contributed by atoms with van der Waals surface area (Å²) < 4.78 is 11.0. The van der Waals surface area contributed by atoms with Gasteiger partial charge in [-0.15, -0.1) is 0 Å². The number of methoxy groups -OCH3 is 1. The fraction of sp³-hybridized carbons (Fsp3) is 0.316. The molecule has 134 valence electrons. The Morgan fingerprint density at radius 3 is 2.56 bits per heavy atom. The van der Waals surface area contributed by atoms with Crippen LogP contribution in [0.5, 0.6) is 11.5 Å². The van der Waals surface area contributed by atoms with Crippen LogP contribution in [0, 0.1) is 0 Å². The van der Waals surface area contributed by atoms with E-state index in [1.165, 1.54) is 0 Å². The lowest BCUT2D eigenvalue weighted by Crippen LogP contribution is -2.26. The quantitative estimate of drug-likeness (QED) is 0.709. The molecule has 1 atom stereocenters. The van der Waals surface area contributed by atoms with Crippen molar-refractivity contribution in [3.63, 3.8) is 0 Å². The van der Waals surface area contributed by atoms with Crippen molar-refractivity contribution in [3.05, 3.63) is 57.6 Å². The van der Waals surface area contributed by atoms with Gasteiger partial charge in [-0.05, 0) is 49.2 Å². The van der Waals surface area contributed by atoms with Crippen molar-refractivity contribution in [3.8, 4) is 11.5 Å². The highest BCUT2D eigenvalue weighted by atomic mass is 35.5. The zero-order valence-electron chi connectivity index (χ0n) is 14.4. The van der Waals surface area contributed by atoms with E-state index < -0.39 is 0 Å². The van der Waals surface area contributed by atoms with Crippen molar-refractivity contribution >= 4 is 29.1 Å². The molecule has 0 fully saturated rings. The number of nitrogens with one attached hydrogen (secondary N) is 1. The first-order valence-corrected chi connectivity index (χ1v) is 8.78. The minimum atomic E-state index is -0.264. The Hall–Kier alpha value is -1.91. The van der Waals surface area contributed by atoms with Gasteiger partial charge in [0.1, 0.15) is 0 Å². The Kier molecular flexibility index (Phi) is 6.97. The molecule has 0 bridgehead atoms.